The summed E-state index contributed by atoms with van der Waals surface area (Å²) in [5.74, 6) is -0.393. The molecule has 0 unspecified atom stereocenters. The van der Waals surface area contributed by atoms with Crippen molar-refractivity contribution in [1.82, 2.24) is 4.90 Å². The summed E-state index contributed by atoms with van der Waals surface area (Å²) in [7, 11) is 0. The number of thiophene rings is 1. The molecule has 3 N–H and O–H groups in total. The Morgan fingerprint density at radius 3 is 2.62 bits per heavy atom. The molecule has 0 bridgehead atoms. The third-order valence-corrected chi connectivity index (χ3v) is 4.21. The van der Waals surface area contributed by atoms with Gasteiger partial charge in [-0.2, -0.15) is 0 Å². The summed E-state index contributed by atoms with van der Waals surface area (Å²) < 4.78 is 0. The Morgan fingerprint density at radius 2 is 2.00 bits per heavy atom. The summed E-state index contributed by atoms with van der Waals surface area (Å²) in [6, 6.07) is 12.1. The van der Waals surface area contributed by atoms with Crippen molar-refractivity contribution in [3.63, 3.8) is 0 Å². The number of nitrogens with two attached hydrogens (primary N) is 1. The molecular weight excluding hydrogens is 284 g/mol. The van der Waals surface area contributed by atoms with Gasteiger partial charge in [-0.05, 0) is 18.1 Å². The normalized spacial score (nSPS) is 11.0. The quantitative estimate of drug-likeness (QED) is 0.782. The van der Waals surface area contributed by atoms with Crippen LogP contribution in [-0.2, 0) is 13.0 Å². The highest BCUT2D eigenvalue weighted by molar-refractivity contribution is 7.10. The van der Waals surface area contributed by atoms with E-state index in [0.717, 1.165) is 24.4 Å². The summed E-state index contributed by atoms with van der Waals surface area (Å²) in [6.07, 6.45) is 0.939. The van der Waals surface area contributed by atoms with Gasteiger partial charge in [0.15, 0.2) is 0 Å². The zero-order valence-corrected chi connectivity index (χ0v) is 12.7. The lowest BCUT2D eigenvalue weighted by molar-refractivity contribution is 0.100. The van der Waals surface area contributed by atoms with Gasteiger partial charge in [0.05, 0.1) is 12.2 Å². The van der Waals surface area contributed by atoms with Gasteiger partial charge < -0.3 is 10.8 Å². The lowest BCUT2D eigenvalue weighted by Gasteiger charge is -2.20. The van der Waals surface area contributed by atoms with Crippen molar-refractivity contribution in [1.29, 1.82) is 0 Å². The van der Waals surface area contributed by atoms with Gasteiger partial charge in [0.2, 0.25) is 5.91 Å². The molecule has 0 fully saturated rings. The van der Waals surface area contributed by atoms with E-state index in [-0.39, 0.29) is 6.61 Å². The number of aliphatic hydroxyl groups excluding tert-OH is 1. The summed E-state index contributed by atoms with van der Waals surface area (Å²) in [6.45, 7) is 2.35. The standard InChI is InChI=1S/C16H20N2O2S/c17-16(20)14-10-15(21-12-14)11-18(8-9-19)7-6-13-4-2-1-3-5-13/h1-5,10,12,19H,6-9,11H2,(H2,17,20). The monoisotopic (exact) mass is 304 g/mol. The van der Waals surface area contributed by atoms with Crippen LogP contribution < -0.4 is 5.73 Å². The van der Waals surface area contributed by atoms with Crippen LogP contribution in [0.5, 0.6) is 0 Å². The van der Waals surface area contributed by atoms with Crippen LogP contribution in [0.3, 0.4) is 0 Å². The minimum atomic E-state index is -0.393. The Morgan fingerprint density at radius 1 is 1.24 bits per heavy atom. The third kappa shape index (κ3) is 4.97. The fraction of sp³-hybridized carbons (Fsp3) is 0.312. The van der Waals surface area contributed by atoms with Gasteiger partial charge in [0.25, 0.3) is 0 Å². The zero-order chi connectivity index (χ0) is 15.1. The van der Waals surface area contributed by atoms with Crippen LogP contribution in [0, 0.1) is 0 Å². The van der Waals surface area contributed by atoms with Gasteiger partial charge in [-0.25, -0.2) is 0 Å². The third-order valence-electron chi connectivity index (χ3n) is 3.29. The van der Waals surface area contributed by atoms with E-state index in [1.54, 1.807) is 5.38 Å². The van der Waals surface area contributed by atoms with E-state index >= 15 is 0 Å². The number of carbonyl (C=O) groups is 1. The Hall–Kier alpha value is -1.69. The van der Waals surface area contributed by atoms with Gasteiger partial charge in [0, 0.05) is 29.9 Å². The molecule has 0 aliphatic carbocycles. The van der Waals surface area contributed by atoms with Gasteiger partial charge >= 0.3 is 0 Å². The van der Waals surface area contributed by atoms with E-state index in [1.165, 1.54) is 16.9 Å². The highest BCUT2D eigenvalue weighted by atomic mass is 32.1. The molecule has 1 aromatic heterocycles. The largest absolute Gasteiger partial charge is 0.395 e. The van der Waals surface area contributed by atoms with Crippen molar-refractivity contribution in [3.8, 4) is 0 Å². The molecule has 112 valence electrons. The van der Waals surface area contributed by atoms with Crippen LogP contribution in [0.4, 0.5) is 0 Å². The topological polar surface area (TPSA) is 66.6 Å². The van der Waals surface area contributed by atoms with Crippen molar-refractivity contribution in [2.24, 2.45) is 5.73 Å². The molecule has 0 aliphatic rings. The van der Waals surface area contributed by atoms with Crippen molar-refractivity contribution in [3.05, 3.63) is 57.8 Å². The fourth-order valence-electron chi connectivity index (χ4n) is 2.16. The van der Waals surface area contributed by atoms with Crippen LogP contribution in [0.15, 0.2) is 41.8 Å². The average molecular weight is 304 g/mol. The second kappa shape index (κ2) is 7.93. The predicted octanol–water partition coefficient (Wildman–Crippen LogP) is 1.88. The summed E-state index contributed by atoms with van der Waals surface area (Å²) >= 11 is 1.53. The van der Waals surface area contributed by atoms with Crippen molar-refractivity contribution in [2.75, 3.05) is 19.7 Å². The number of hydrogen-bond donors (Lipinski definition) is 2. The molecule has 0 saturated heterocycles. The average Bonchev–Trinajstić information content (AvgIpc) is 2.95. The second-order valence-corrected chi connectivity index (χ2v) is 5.90. The first kappa shape index (κ1) is 15.7. The minimum absolute atomic E-state index is 0.128. The van der Waals surface area contributed by atoms with Crippen LogP contribution in [0.25, 0.3) is 0 Å². The molecule has 4 nitrogen and oxygen atoms in total. The van der Waals surface area contributed by atoms with E-state index in [1.807, 2.05) is 24.3 Å². The number of primary amides is 1. The SMILES string of the molecule is NC(=O)c1csc(CN(CCO)CCc2ccccc2)c1. The van der Waals surface area contributed by atoms with Crippen LogP contribution in [-0.4, -0.2) is 35.6 Å². The maximum absolute atomic E-state index is 11.1. The van der Waals surface area contributed by atoms with E-state index < -0.39 is 5.91 Å². The van der Waals surface area contributed by atoms with Crippen molar-refractivity contribution in [2.45, 2.75) is 13.0 Å². The predicted molar refractivity (Wildman–Crippen MR) is 85.3 cm³/mol. The van der Waals surface area contributed by atoms with Crippen LogP contribution in [0.1, 0.15) is 20.8 Å². The number of aliphatic hydroxyl groups is 1. The Labute approximate surface area is 128 Å². The number of benzene rings is 1. The molecule has 0 atom stereocenters. The highest BCUT2D eigenvalue weighted by Crippen LogP contribution is 2.16. The van der Waals surface area contributed by atoms with Crippen molar-refractivity contribution < 1.29 is 9.90 Å². The summed E-state index contributed by atoms with van der Waals surface area (Å²) in [4.78, 5) is 14.4. The molecule has 5 heteroatoms. The molecule has 0 spiro atoms. The first-order chi connectivity index (χ1) is 10.2. The van der Waals surface area contributed by atoms with Crippen LogP contribution in [0.2, 0.25) is 0 Å². The minimum Gasteiger partial charge on any atom is -0.395 e. The number of rotatable bonds is 8. The lowest BCUT2D eigenvalue weighted by atomic mass is 10.1. The molecule has 2 rings (SSSR count). The fourth-order valence-corrected chi connectivity index (χ4v) is 3.07. The first-order valence-electron chi connectivity index (χ1n) is 6.93. The van der Waals surface area contributed by atoms with Gasteiger partial charge in [-0.1, -0.05) is 30.3 Å². The highest BCUT2D eigenvalue weighted by Gasteiger charge is 2.10. The maximum atomic E-state index is 11.1. The molecule has 21 heavy (non-hydrogen) atoms. The Kier molecular flexibility index (Phi) is 5.92. The number of carbonyl (C=O) groups excluding carboxylic acids is 1. The van der Waals surface area contributed by atoms with Gasteiger partial charge in [-0.3, -0.25) is 9.69 Å². The van der Waals surface area contributed by atoms with Crippen molar-refractivity contribution >= 4 is 17.2 Å². The lowest BCUT2D eigenvalue weighted by Crippen LogP contribution is -2.28. The molecular formula is C16H20N2O2S. The van der Waals surface area contributed by atoms with E-state index in [4.69, 9.17) is 5.73 Å². The van der Waals surface area contributed by atoms with E-state index in [0.29, 0.717) is 12.1 Å². The summed E-state index contributed by atoms with van der Waals surface area (Å²) in [5.41, 5.74) is 7.10. The molecule has 0 radical (unpaired) electrons. The molecule has 1 amide bonds. The smallest absolute Gasteiger partial charge is 0.249 e. The van der Waals surface area contributed by atoms with Gasteiger partial charge in [-0.15, -0.1) is 11.3 Å². The Balaban J connectivity index is 1.93. The molecule has 0 saturated carbocycles. The Bertz CT molecular complexity index is 569. The molecule has 1 heterocycles. The van der Waals surface area contributed by atoms with Crippen LogP contribution >= 0.6 is 11.3 Å². The molecule has 2 aromatic rings. The molecule has 0 aliphatic heterocycles. The zero-order valence-electron chi connectivity index (χ0n) is 11.9. The number of amides is 1. The number of nitrogens with zero attached hydrogens (tertiary/aromatic N) is 1. The van der Waals surface area contributed by atoms with Gasteiger partial charge in [0.1, 0.15) is 0 Å². The summed E-state index contributed by atoms with van der Waals surface area (Å²) in [5, 5.41) is 11.0. The number of hydrogen-bond acceptors (Lipinski definition) is 4. The van der Waals surface area contributed by atoms with E-state index in [2.05, 4.69) is 17.0 Å². The first-order valence-corrected chi connectivity index (χ1v) is 7.81. The second-order valence-electron chi connectivity index (χ2n) is 4.90. The molecule has 1 aromatic carbocycles. The van der Waals surface area contributed by atoms with E-state index in [9.17, 15) is 9.90 Å². The maximum Gasteiger partial charge on any atom is 0.249 e.